The summed E-state index contributed by atoms with van der Waals surface area (Å²) in [6, 6.07) is 14.2. The molecule has 0 aliphatic carbocycles. The number of carbonyl (C=O) groups is 1. The van der Waals surface area contributed by atoms with Crippen molar-refractivity contribution in [3.8, 4) is 0 Å². The Kier molecular flexibility index (Phi) is 6.40. The van der Waals surface area contributed by atoms with Gasteiger partial charge in [-0.3, -0.25) is 14.9 Å². The minimum atomic E-state index is -1.21. The van der Waals surface area contributed by atoms with Crippen LogP contribution in [0.25, 0.3) is 0 Å². The van der Waals surface area contributed by atoms with Crippen LogP contribution in [-0.2, 0) is 0 Å². The summed E-state index contributed by atoms with van der Waals surface area (Å²) in [5.41, 5.74) is 3.82. The lowest BCUT2D eigenvalue weighted by atomic mass is 9.94. The molecule has 2 aromatic carbocycles. The normalized spacial score (nSPS) is 11.3. The van der Waals surface area contributed by atoms with E-state index in [1.807, 2.05) is 6.92 Å². The van der Waals surface area contributed by atoms with Crippen LogP contribution >= 0.6 is 0 Å². The number of Topliss-reactive ketones (excluding diaryl/α,β-unsaturated/α-hetero) is 1. The van der Waals surface area contributed by atoms with Crippen LogP contribution in [0.5, 0.6) is 0 Å². The summed E-state index contributed by atoms with van der Waals surface area (Å²) in [6.07, 6.45) is 2.15. The van der Waals surface area contributed by atoms with Gasteiger partial charge in [-0.15, -0.1) is 5.73 Å². The van der Waals surface area contributed by atoms with E-state index in [2.05, 4.69) is 5.73 Å². The molecule has 0 fully saturated rings. The summed E-state index contributed by atoms with van der Waals surface area (Å²) in [6.45, 7) is 2.00. The van der Waals surface area contributed by atoms with Crippen LogP contribution in [0.1, 0.15) is 41.8 Å². The zero-order valence-electron chi connectivity index (χ0n) is 13.9. The van der Waals surface area contributed by atoms with Gasteiger partial charge < -0.3 is 5.11 Å². The Morgan fingerprint density at radius 2 is 1.84 bits per heavy atom. The van der Waals surface area contributed by atoms with Crippen LogP contribution in [0.4, 0.5) is 5.69 Å². The molecule has 0 heterocycles. The monoisotopic (exact) mass is 337 g/mol. The number of rotatable bonds is 7. The first-order valence-electron chi connectivity index (χ1n) is 8.01. The van der Waals surface area contributed by atoms with Crippen LogP contribution in [0.3, 0.4) is 0 Å². The molecule has 0 aromatic heterocycles. The van der Waals surface area contributed by atoms with Gasteiger partial charge in [0, 0.05) is 17.7 Å². The number of nitro groups is 1. The minimum absolute atomic E-state index is 0.0719. The fourth-order valence-electron chi connectivity index (χ4n) is 2.29. The molecule has 2 aromatic rings. The molecule has 2 rings (SSSR count). The second-order valence-electron chi connectivity index (χ2n) is 5.50. The van der Waals surface area contributed by atoms with Gasteiger partial charge in [0.2, 0.25) is 0 Å². The van der Waals surface area contributed by atoms with Gasteiger partial charge in [-0.2, -0.15) is 0 Å². The molecular weight excluding hydrogens is 318 g/mol. The molecule has 0 unspecified atom stereocenters. The molecule has 0 radical (unpaired) electrons. The van der Waals surface area contributed by atoms with Gasteiger partial charge in [0.15, 0.2) is 5.78 Å². The Bertz CT molecular complexity index is 803. The van der Waals surface area contributed by atoms with E-state index in [0.29, 0.717) is 11.1 Å². The van der Waals surface area contributed by atoms with E-state index >= 15 is 0 Å². The summed E-state index contributed by atoms with van der Waals surface area (Å²) >= 11 is 0. The molecule has 0 saturated heterocycles. The number of nitro benzene ring substituents is 1. The number of benzene rings is 2. The minimum Gasteiger partial charge on any atom is -0.383 e. The molecule has 0 saturated carbocycles. The van der Waals surface area contributed by atoms with Crippen molar-refractivity contribution in [3.05, 3.63) is 93.2 Å². The summed E-state index contributed by atoms with van der Waals surface area (Å²) in [5.74, 6) is -0.321. The Labute approximate surface area is 146 Å². The quantitative estimate of drug-likeness (QED) is 0.267. The van der Waals surface area contributed by atoms with Crippen molar-refractivity contribution in [1.29, 1.82) is 0 Å². The molecular formula is C20H19NO4. The maximum atomic E-state index is 12.7. The van der Waals surface area contributed by atoms with Crippen LogP contribution in [-0.4, -0.2) is 15.8 Å². The third kappa shape index (κ3) is 4.73. The molecule has 25 heavy (non-hydrogen) atoms. The van der Waals surface area contributed by atoms with Crippen LogP contribution in [0.15, 0.2) is 72.0 Å². The Morgan fingerprint density at radius 1 is 1.20 bits per heavy atom. The van der Waals surface area contributed by atoms with Crippen molar-refractivity contribution in [3.63, 3.8) is 0 Å². The standard InChI is InChI=1S/C20H19NO4/c1-2-3-5-10-18(19(22)15-8-6-4-7-9-15)20(23)16-11-13-17(14-12-16)21(24)25/h4-9,11-14,20,23H,2-3H2,1H3/t10?,20-/m1/s1. The zero-order valence-corrected chi connectivity index (χ0v) is 13.9. The number of hydrogen-bond donors (Lipinski definition) is 1. The van der Waals surface area contributed by atoms with E-state index < -0.39 is 11.0 Å². The van der Waals surface area contributed by atoms with E-state index in [9.17, 15) is 20.0 Å². The van der Waals surface area contributed by atoms with Gasteiger partial charge >= 0.3 is 0 Å². The molecule has 128 valence electrons. The smallest absolute Gasteiger partial charge is 0.269 e. The zero-order chi connectivity index (χ0) is 18.2. The number of unbranched alkanes of at least 4 members (excludes halogenated alkanes) is 1. The maximum Gasteiger partial charge on any atom is 0.269 e. The Balaban J connectivity index is 2.39. The highest BCUT2D eigenvalue weighted by Gasteiger charge is 2.22. The molecule has 0 spiro atoms. The second-order valence-corrected chi connectivity index (χ2v) is 5.50. The van der Waals surface area contributed by atoms with Gasteiger partial charge in [0.25, 0.3) is 5.69 Å². The largest absolute Gasteiger partial charge is 0.383 e. The highest BCUT2D eigenvalue weighted by Crippen LogP contribution is 2.26. The molecule has 0 amide bonds. The Hall–Kier alpha value is -3.01. The van der Waals surface area contributed by atoms with Crippen molar-refractivity contribution >= 4 is 11.5 Å². The predicted molar refractivity (Wildman–Crippen MR) is 95.3 cm³/mol. The summed E-state index contributed by atoms with van der Waals surface area (Å²) in [4.78, 5) is 23.0. The lowest BCUT2D eigenvalue weighted by Gasteiger charge is -2.13. The van der Waals surface area contributed by atoms with Crippen LogP contribution in [0, 0.1) is 10.1 Å². The van der Waals surface area contributed by atoms with Gasteiger partial charge in [0.05, 0.1) is 10.5 Å². The van der Waals surface area contributed by atoms with Gasteiger partial charge in [0.1, 0.15) is 6.10 Å². The molecule has 1 N–H and O–H groups in total. The highest BCUT2D eigenvalue weighted by molar-refractivity contribution is 6.09. The third-order valence-corrected chi connectivity index (χ3v) is 3.66. The van der Waals surface area contributed by atoms with E-state index in [-0.39, 0.29) is 17.0 Å². The summed E-state index contributed by atoms with van der Waals surface area (Å²) in [7, 11) is 0. The first-order chi connectivity index (χ1) is 12.0. The first-order valence-corrected chi connectivity index (χ1v) is 8.01. The van der Waals surface area contributed by atoms with Crippen LogP contribution < -0.4 is 0 Å². The number of carbonyl (C=O) groups excluding carboxylic acids is 1. The van der Waals surface area contributed by atoms with Crippen LogP contribution in [0.2, 0.25) is 0 Å². The second kappa shape index (κ2) is 8.73. The van der Waals surface area contributed by atoms with Crippen molar-refractivity contribution in [2.24, 2.45) is 0 Å². The maximum absolute atomic E-state index is 12.7. The number of ketones is 1. The average Bonchev–Trinajstić information content (AvgIpc) is 2.65. The molecule has 0 aliphatic rings. The van der Waals surface area contributed by atoms with E-state index in [4.69, 9.17) is 0 Å². The number of aliphatic hydroxyl groups excluding tert-OH is 1. The molecule has 1 atom stereocenters. The number of nitrogens with zero attached hydrogens (tertiary/aromatic N) is 1. The fraction of sp³-hybridized carbons (Fsp3) is 0.200. The number of aliphatic hydroxyl groups is 1. The van der Waals surface area contributed by atoms with E-state index in [1.54, 1.807) is 36.4 Å². The highest BCUT2D eigenvalue weighted by atomic mass is 16.6. The van der Waals surface area contributed by atoms with Crippen molar-refractivity contribution in [2.75, 3.05) is 0 Å². The Morgan fingerprint density at radius 3 is 2.40 bits per heavy atom. The van der Waals surface area contributed by atoms with E-state index in [1.165, 1.54) is 24.3 Å². The topological polar surface area (TPSA) is 80.4 Å². The van der Waals surface area contributed by atoms with Crippen molar-refractivity contribution in [1.82, 2.24) is 0 Å². The lowest BCUT2D eigenvalue weighted by molar-refractivity contribution is -0.384. The number of hydrogen-bond acceptors (Lipinski definition) is 4. The molecule has 0 aliphatic heterocycles. The number of non-ortho nitro benzene ring substituents is 1. The van der Waals surface area contributed by atoms with Crippen molar-refractivity contribution < 1.29 is 14.8 Å². The lowest BCUT2D eigenvalue weighted by Crippen LogP contribution is -2.11. The predicted octanol–water partition coefficient (Wildman–Crippen LogP) is 4.39. The SMILES string of the molecule is CCCC=C=C(C(=O)c1ccccc1)[C@H](O)c1ccc([N+](=O)[O-])cc1. The molecule has 0 bridgehead atoms. The first kappa shape index (κ1) is 18.3. The third-order valence-electron chi connectivity index (χ3n) is 3.66. The molecule has 5 heteroatoms. The van der Waals surface area contributed by atoms with Gasteiger partial charge in [-0.25, -0.2) is 0 Å². The van der Waals surface area contributed by atoms with Crippen molar-refractivity contribution in [2.45, 2.75) is 25.9 Å². The van der Waals surface area contributed by atoms with Gasteiger partial charge in [-0.1, -0.05) is 43.7 Å². The summed E-state index contributed by atoms with van der Waals surface area (Å²) < 4.78 is 0. The summed E-state index contributed by atoms with van der Waals surface area (Å²) in [5, 5.41) is 21.4. The average molecular weight is 337 g/mol. The fourth-order valence-corrected chi connectivity index (χ4v) is 2.29. The van der Waals surface area contributed by atoms with Gasteiger partial charge in [-0.05, 0) is 30.2 Å². The molecule has 5 nitrogen and oxygen atoms in total. The van der Waals surface area contributed by atoms with E-state index in [0.717, 1.165) is 12.8 Å².